The lowest BCUT2D eigenvalue weighted by Gasteiger charge is -2.26. The fourth-order valence-electron chi connectivity index (χ4n) is 1.63. The number of hydrogen-bond acceptors (Lipinski definition) is 2. The summed E-state index contributed by atoms with van der Waals surface area (Å²) in [6.45, 7) is 0. The maximum absolute atomic E-state index is 12.3. The van der Waals surface area contributed by atoms with Gasteiger partial charge in [-0.05, 0) is 48.5 Å². The van der Waals surface area contributed by atoms with Crippen molar-refractivity contribution in [3.8, 4) is 5.75 Å². The fourth-order valence-corrected chi connectivity index (χ4v) is 2.46. The zero-order valence-electron chi connectivity index (χ0n) is 11.4. The van der Waals surface area contributed by atoms with Crippen LogP contribution in [-0.2, 0) is 0 Å². The topological polar surface area (TPSA) is 38.3 Å². The molecule has 122 valence electrons. The van der Waals surface area contributed by atoms with Crippen molar-refractivity contribution in [2.45, 2.75) is 10.0 Å². The van der Waals surface area contributed by atoms with Gasteiger partial charge in [0.25, 0.3) is 5.91 Å². The highest BCUT2D eigenvalue weighted by Crippen LogP contribution is 2.32. The molecule has 2 aromatic carbocycles. The van der Waals surface area contributed by atoms with Crippen molar-refractivity contribution < 1.29 is 9.53 Å². The summed E-state index contributed by atoms with van der Waals surface area (Å²) in [5.74, 6) is 0.0477. The van der Waals surface area contributed by atoms with Gasteiger partial charge in [0.2, 0.25) is 10.0 Å². The highest BCUT2D eigenvalue weighted by atomic mass is 79.9. The molecular weight excluding hydrogens is 492 g/mol. The molecule has 0 aliphatic carbocycles. The molecule has 0 aliphatic rings. The van der Waals surface area contributed by atoms with Crippen molar-refractivity contribution >= 4 is 72.6 Å². The van der Waals surface area contributed by atoms with Crippen molar-refractivity contribution in [1.82, 2.24) is 5.32 Å². The monoisotopic (exact) mass is 499 g/mol. The van der Waals surface area contributed by atoms with E-state index in [0.717, 1.165) is 8.95 Å². The summed E-state index contributed by atoms with van der Waals surface area (Å²) in [5.41, 5.74) is 0.423. The maximum atomic E-state index is 12.3. The zero-order chi connectivity index (χ0) is 17.0. The van der Waals surface area contributed by atoms with Crippen LogP contribution in [0.2, 0.25) is 0 Å². The first-order chi connectivity index (χ1) is 10.8. The van der Waals surface area contributed by atoms with Gasteiger partial charge in [0.15, 0.2) is 0 Å². The van der Waals surface area contributed by atoms with Gasteiger partial charge in [0.05, 0.1) is 0 Å². The Morgan fingerprint density at radius 3 is 1.91 bits per heavy atom. The van der Waals surface area contributed by atoms with Gasteiger partial charge < -0.3 is 10.1 Å². The highest BCUT2D eigenvalue weighted by Gasteiger charge is 2.36. The second-order valence-electron chi connectivity index (χ2n) is 4.47. The average molecular weight is 502 g/mol. The second-order valence-corrected chi connectivity index (χ2v) is 8.67. The Morgan fingerprint density at radius 2 is 1.43 bits per heavy atom. The Balaban J connectivity index is 2.14. The predicted octanol–water partition coefficient (Wildman–Crippen LogP) is 5.72. The smallest absolute Gasteiger partial charge is 0.254 e. The van der Waals surface area contributed by atoms with Crippen LogP contribution >= 0.6 is 66.7 Å². The molecule has 0 aliphatic heterocycles. The summed E-state index contributed by atoms with van der Waals surface area (Å²) in [6, 6.07) is 13.7. The molecule has 1 unspecified atom stereocenters. The molecule has 0 saturated heterocycles. The largest absolute Gasteiger partial charge is 0.466 e. The Kier molecular flexibility index (Phi) is 6.63. The van der Waals surface area contributed by atoms with Crippen molar-refractivity contribution in [2.24, 2.45) is 0 Å². The molecule has 0 radical (unpaired) electrons. The molecule has 0 fully saturated rings. The van der Waals surface area contributed by atoms with E-state index in [0.29, 0.717) is 11.3 Å². The van der Waals surface area contributed by atoms with Crippen LogP contribution in [0.25, 0.3) is 0 Å². The van der Waals surface area contributed by atoms with Gasteiger partial charge >= 0.3 is 0 Å². The van der Waals surface area contributed by atoms with Crippen molar-refractivity contribution in [1.29, 1.82) is 0 Å². The third-order valence-electron chi connectivity index (χ3n) is 2.73. The molecule has 8 heteroatoms. The van der Waals surface area contributed by atoms with Crippen LogP contribution in [0.1, 0.15) is 10.4 Å². The van der Waals surface area contributed by atoms with E-state index in [1.54, 1.807) is 48.5 Å². The molecule has 1 N–H and O–H groups in total. The second kappa shape index (κ2) is 8.08. The minimum atomic E-state index is -1.84. The van der Waals surface area contributed by atoms with E-state index in [-0.39, 0.29) is 0 Å². The highest BCUT2D eigenvalue weighted by molar-refractivity contribution is 9.10. The van der Waals surface area contributed by atoms with E-state index >= 15 is 0 Å². The zero-order valence-corrected chi connectivity index (χ0v) is 16.8. The number of benzene rings is 2. The normalized spacial score (nSPS) is 12.6. The van der Waals surface area contributed by atoms with E-state index in [4.69, 9.17) is 39.5 Å². The Hall–Kier alpha value is -0.460. The number of halogens is 5. The van der Waals surface area contributed by atoms with Crippen LogP contribution in [0, 0.1) is 0 Å². The Bertz CT molecular complexity index is 673. The number of amides is 1. The molecule has 0 bridgehead atoms. The molecule has 3 nitrogen and oxygen atoms in total. The van der Waals surface area contributed by atoms with Crippen LogP contribution < -0.4 is 10.1 Å². The Labute approximate surface area is 165 Å². The summed E-state index contributed by atoms with van der Waals surface area (Å²) < 4.78 is 5.50. The quantitative estimate of drug-likeness (QED) is 0.429. The minimum absolute atomic E-state index is 0.411. The van der Waals surface area contributed by atoms with Crippen LogP contribution in [0.15, 0.2) is 57.5 Å². The number of nitrogens with one attached hydrogen (secondary N) is 1. The number of carbonyl (C=O) groups excluding carboxylic acids is 1. The third-order valence-corrected chi connectivity index (χ3v) is 4.39. The molecule has 1 amide bonds. The number of ether oxygens (including phenoxy) is 1. The van der Waals surface area contributed by atoms with Gasteiger partial charge in [-0.15, -0.1) is 0 Å². The first kappa shape index (κ1) is 18.9. The number of carbonyl (C=O) groups is 1. The van der Waals surface area contributed by atoms with E-state index < -0.39 is 15.9 Å². The lowest BCUT2D eigenvalue weighted by atomic mass is 10.2. The Morgan fingerprint density at radius 1 is 0.957 bits per heavy atom. The standard InChI is InChI=1S/C15H10Br2Cl3NO2/c16-10-3-1-9(2-4-10)13(22)21-14(15(18,19)20)23-12-7-5-11(17)6-8-12/h1-8,14H,(H,21,22). The number of alkyl halides is 3. The van der Waals surface area contributed by atoms with Crippen LogP contribution in [0.3, 0.4) is 0 Å². The van der Waals surface area contributed by atoms with E-state index in [1.165, 1.54) is 0 Å². The van der Waals surface area contributed by atoms with Crippen LogP contribution in [0.5, 0.6) is 5.75 Å². The first-order valence-electron chi connectivity index (χ1n) is 6.31. The summed E-state index contributed by atoms with van der Waals surface area (Å²) in [7, 11) is 0. The van der Waals surface area contributed by atoms with Crippen LogP contribution in [-0.4, -0.2) is 15.9 Å². The van der Waals surface area contributed by atoms with Gasteiger partial charge in [-0.3, -0.25) is 4.79 Å². The predicted molar refractivity (Wildman–Crippen MR) is 100 cm³/mol. The van der Waals surface area contributed by atoms with Gasteiger partial charge in [-0.2, -0.15) is 0 Å². The summed E-state index contributed by atoms with van der Waals surface area (Å²) in [5, 5.41) is 2.57. The van der Waals surface area contributed by atoms with Gasteiger partial charge in [0, 0.05) is 14.5 Å². The van der Waals surface area contributed by atoms with E-state index in [2.05, 4.69) is 37.2 Å². The lowest BCUT2D eigenvalue weighted by Crippen LogP contribution is -2.47. The lowest BCUT2D eigenvalue weighted by molar-refractivity contribution is 0.0833. The minimum Gasteiger partial charge on any atom is -0.466 e. The van der Waals surface area contributed by atoms with Crippen molar-refractivity contribution in [3.63, 3.8) is 0 Å². The molecule has 0 heterocycles. The van der Waals surface area contributed by atoms with E-state index in [1.807, 2.05) is 0 Å². The maximum Gasteiger partial charge on any atom is 0.254 e. The van der Waals surface area contributed by atoms with Crippen LogP contribution in [0.4, 0.5) is 0 Å². The number of rotatable bonds is 4. The molecule has 1 atom stereocenters. The molecule has 0 spiro atoms. The average Bonchev–Trinajstić information content (AvgIpc) is 2.48. The molecule has 23 heavy (non-hydrogen) atoms. The first-order valence-corrected chi connectivity index (χ1v) is 9.03. The van der Waals surface area contributed by atoms with Gasteiger partial charge in [-0.25, -0.2) is 0 Å². The molecule has 0 aromatic heterocycles. The fraction of sp³-hybridized carbons (Fsp3) is 0.133. The molecule has 2 aromatic rings. The van der Waals surface area contributed by atoms with Gasteiger partial charge in [0.1, 0.15) is 5.75 Å². The third kappa shape index (κ3) is 5.84. The summed E-state index contributed by atoms with van der Waals surface area (Å²) in [6.07, 6.45) is -1.15. The van der Waals surface area contributed by atoms with E-state index in [9.17, 15) is 4.79 Å². The van der Waals surface area contributed by atoms with Crippen molar-refractivity contribution in [3.05, 3.63) is 63.0 Å². The summed E-state index contributed by atoms with van der Waals surface area (Å²) >= 11 is 24.4. The molecule has 0 saturated carbocycles. The number of hydrogen-bond donors (Lipinski definition) is 1. The molecule has 2 rings (SSSR count). The SMILES string of the molecule is O=C(NC(Oc1ccc(Br)cc1)C(Cl)(Cl)Cl)c1ccc(Br)cc1. The van der Waals surface area contributed by atoms with Gasteiger partial charge in [-0.1, -0.05) is 66.7 Å². The molecular formula is C15H10Br2Cl3NO2. The summed E-state index contributed by atoms with van der Waals surface area (Å²) in [4.78, 5) is 12.3. The van der Waals surface area contributed by atoms with Crippen molar-refractivity contribution in [2.75, 3.05) is 0 Å².